The lowest BCUT2D eigenvalue weighted by Crippen LogP contribution is -2.46. The zero-order chi connectivity index (χ0) is 20.9. The van der Waals surface area contributed by atoms with Gasteiger partial charge in [-0.1, -0.05) is 25.0 Å². The zero-order valence-electron chi connectivity index (χ0n) is 16.9. The van der Waals surface area contributed by atoms with Gasteiger partial charge in [0.25, 0.3) is 0 Å². The maximum absolute atomic E-state index is 12.8. The van der Waals surface area contributed by atoms with Crippen LogP contribution in [0.3, 0.4) is 0 Å². The largest absolute Gasteiger partial charge is 0.511 e. The van der Waals surface area contributed by atoms with Crippen molar-refractivity contribution in [1.82, 2.24) is 5.43 Å². The normalized spacial score (nSPS) is 23.2. The molecule has 0 spiro atoms. The molecule has 1 unspecified atom stereocenters. The Labute approximate surface area is 175 Å². The molecule has 2 aliphatic rings. The second-order valence-electron chi connectivity index (χ2n) is 7.51. The van der Waals surface area contributed by atoms with E-state index in [2.05, 4.69) is 10.5 Å². The lowest BCUT2D eigenvalue weighted by Gasteiger charge is -2.41. The Morgan fingerprint density at radius 1 is 1.38 bits per heavy atom. The molecule has 158 valence electrons. The SMILES string of the molecule is CN/N=C(\N)SC1=C(O)CC(CCc2ccc(OC)cc2)(C2CCCC2)OC1=O. The monoisotopic (exact) mass is 419 g/mol. The highest BCUT2D eigenvalue weighted by Gasteiger charge is 2.48. The first kappa shape index (κ1) is 21.4. The first-order valence-electron chi connectivity index (χ1n) is 9.93. The Hall–Kier alpha value is -2.35. The first-order valence-corrected chi connectivity index (χ1v) is 10.7. The molecule has 1 aliphatic heterocycles. The Morgan fingerprint density at radius 3 is 2.66 bits per heavy atom. The van der Waals surface area contributed by atoms with Gasteiger partial charge in [0.05, 0.1) is 7.11 Å². The number of aliphatic hydroxyl groups is 1. The quantitative estimate of drug-likeness (QED) is 0.269. The van der Waals surface area contributed by atoms with Gasteiger partial charge in [0.1, 0.15) is 22.0 Å². The van der Waals surface area contributed by atoms with E-state index < -0.39 is 11.6 Å². The van der Waals surface area contributed by atoms with Crippen LogP contribution >= 0.6 is 11.8 Å². The Bertz CT molecular complexity index is 788. The van der Waals surface area contributed by atoms with Crippen molar-refractivity contribution in [2.45, 2.75) is 50.5 Å². The van der Waals surface area contributed by atoms with Crippen LogP contribution in [0, 0.1) is 5.92 Å². The van der Waals surface area contributed by atoms with Gasteiger partial charge in [-0.05, 0) is 61.1 Å². The van der Waals surface area contributed by atoms with Crippen molar-refractivity contribution >= 4 is 22.9 Å². The minimum atomic E-state index is -0.684. The summed E-state index contributed by atoms with van der Waals surface area (Å²) in [7, 11) is 3.26. The minimum absolute atomic E-state index is 0.0436. The molecule has 1 aromatic carbocycles. The standard InChI is InChI=1S/C21H29N3O4S/c1-23-24-20(22)29-18-17(25)13-21(28-19(18)26,15-5-3-4-6-15)12-11-14-7-9-16(27-2)10-8-14/h7-10,15,23,25H,3-6,11-13H2,1-2H3,(H2,22,24). The van der Waals surface area contributed by atoms with Crippen LogP contribution in [-0.4, -0.2) is 36.0 Å². The number of hydrogen-bond acceptors (Lipinski definition) is 7. The van der Waals surface area contributed by atoms with Gasteiger partial charge in [-0.25, -0.2) is 4.79 Å². The molecule has 7 nitrogen and oxygen atoms in total. The van der Waals surface area contributed by atoms with Crippen LogP contribution < -0.4 is 15.9 Å². The lowest BCUT2D eigenvalue weighted by molar-refractivity contribution is -0.166. The highest BCUT2D eigenvalue weighted by molar-refractivity contribution is 8.17. The molecule has 1 saturated carbocycles. The van der Waals surface area contributed by atoms with Crippen LogP contribution in [0.5, 0.6) is 5.75 Å². The lowest BCUT2D eigenvalue weighted by atomic mass is 9.77. The van der Waals surface area contributed by atoms with Gasteiger partial charge in [-0.3, -0.25) is 0 Å². The maximum Gasteiger partial charge on any atom is 0.349 e. The number of hydrogen-bond donors (Lipinski definition) is 3. The van der Waals surface area contributed by atoms with Crippen LogP contribution in [-0.2, 0) is 16.0 Å². The number of carbonyl (C=O) groups is 1. The molecule has 8 heteroatoms. The number of aliphatic hydroxyl groups excluding tert-OH is 1. The van der Waals surface area contributed by atoms with E-state index in [4.69, 9.17) is 15.2 Å². The third-order valence-electron chi connectivity index (χ3n) is 5.73. The summed E-state index contributed by atoms with van der Waals surface area (Å²) in [6.07, 6.45) is 6.00. The summed E-state index contributed by atoms with van der Waals surface area (Å²) in [5.74, 6) is 0.588. The molecule has 1 atom stereocenters. The second kappa shape index (κ2) is 9.43. The molecule has 1 aliphatic carbocycles. The molecule has 3 rings (SSSR count). The average molecular weight is 420 g/mol. The van der Waals surface area contributed by atoms with Gasteiger partial charge in [-0.2, -0.15) is 5.10 Å². The highest BCUT2D eigenvalue weighted by Crippen LogP contribution is 2.47. The van der Waals surface area contributed by atoms with Crippen molar-refractivity contribution in [2.75, 3.05) is 14.2 Å². The molecular formula is C21H29N3O4S. The summed E-state index contributed by atoms with van der Waals surface area (Å²) in [5, 5.41) is 14.7. The highest BCUT2D eigenvalue weighted by atomic mass is 32.2. The van der Waals surface area contributed by atoms with Crippen LogP contribution in [0.25, 0.3) is 0 Å². The van der Waals surface area contributed by atoms with Crippen molar-refractivity contribution < 1.29 is 19.4 Å². The number of carbonyl (C=O) groups excluding carboxylic acids is 1. The van der Waals surface area contributed by atoms with Crippen molar-refractivity contribution in [3.05, 3.63) is 40.5 Å². The minimum Gasteiger partial charge on any atom is -0.511 e. The first-order chi connectivity index (χ1) is 14.0. The van der Waals surface area contributed by atoms with Gasteiger partial charge in [0.15, 0.2) is 5.17 Å². The number of methoxy groups -OCH3 is 1. The number of nitrogens with one attached hydrogen (secondary N) is 1. The van der Waals surface area contributed by atoms with E-state index in [0.717, 1.165) is 55.2 Å². The van der Waals surface area contributed by atoms with Crippen molar-refractivity contribution in [3.63, 3.8) is 0 Å². The van der Waals surface area contributed by atoms with Crippen LogP contribution in [0.15, 0.2) is 40.0 Å². The molecule has 1 aromatic rings. The molecular weight excluding hydrogens is 390 g/mol. The van der Waals surface area contributed by atoms with Crippen LogP contribution in [0.2, 0.25) is 0 Å². The molecule has 0 amide bonds. The van der Waals surface area contributed by atoms with Gasteiger partial charge in [0.2, 0.25) is 0 Å². The predicted molar refractivity (Wildman–Crippen MR) is 115 cm³/mol. The number of esters is 1. The molecule has 0 saturated heterocycles. The number of hydrazone groups is 1. The molecule has 1 fully saturated rings. The van der Waals surface area contributed by atoms with Gasteiger partial charge >= 0.3 is 5.97 Å². The summed E-state index contributed by atoms with van der Waals surface area (Å²) in [5.41, 5.74) is 8.81. The smallest absolute Gasteiger partial charge is 0.349 e. The third kappa shape index (κ3) is 4.98. The Balaban J connectivity index is 1.81. The molecule has 0 bridgehead atoms. The van der Waals surface area contributed by atoms with E-state index >= 15 is 0 Å². The van der Waals surface area contributed by atoms with E-state index in [0.29, 0.717) is 12.8 Å². The number of benzene rings is 1. The van der Waals surface area contributed by atoms with Crippen LogP contribution in [0.1, 0.15) is 44.1 Å². The Morgan fingerprint density at radius 2 is 2.07 bits per heavy atom. The zero-order valence-corrected chi connectivity index (χ0v) is 17.8. The van der Waals surface area contributed by atoms with E-state index in [-0.39, 0.29) is 21.7 Å². The number of nitrogens with zero attached hydrogens (tertiary/aromatic N) is 1. The molecule has 29 heavy (non-hydrogen) atoms. The van der Waals surface area contributed by atoms with Crippen molar-refractivity contribution in [2.24, 2.45) is 16.8 Å². The van der Waals surface area contributed by atoms with E-state index in [1.54, 1.807) is 14.2 Å². The second-order valence-corrected chi connectivity index (χ2v) is 8.54. The Kier molecular flexibility index (Phi) is 6.95. The van der Waals surface area contributed by atoms with E-state index in [9.17, 15) is 9.90 Å². The van der Waals surface area contributed by atoms with E-state index in [1.807, 2.05) is 24.3 Å². The summed E-state index contributed by atoms with van der Waals surface area (Å²) in [4.78, 5) is 12.9. The number of thioether (sulfide) groups is 1. The van der Waals surface area contributed by atoms with Crippen molar-refractivity contribution in [1.29, 1.82) is 0 Å². The molecule has 0 aromatic heterocycles. The fourth-order valence-corrected chi connectivity index (χ4v) is 4.92. The molecule has 0 radical (unpaired) electrons. The van der Waals surface area contributed by atoms with E-state index in [1.165, 1.54) is 0 Å². The average Bonchev–Trinajstić information content (AvgIpc) is 3.25. The number of rotatable bonds is 7. The molecule has 1 heterocycles. The van der Waals surface area contributed by atoms with Gasteiger partial charge < -0.3 is 25.7 Å². The summed E-state index contributed by atoms with van der Waals surface area (Å²) < 4.78 is 11.3. The number of cyclic esters (lactones) is 1. The third-order valence-corrected chi connectivity index (χ3v) is 6.64. The van der Waals surface area contributed by atoms with Crippen molar-refractivity contribution in [3.8, 4) is 5.75 Å². The predicted octanol–water partition coefficient (Wildman–Crippen LogP) is 3.46. The summed E-state index contributed by atoms with van der Waals surface area (Å²) in [6.45, 7) is 0. The maximum atomic E-state index is 12.8. The van der Waals surface area contributed by atoms with Gasteiger partial charge in [-0.15, -0.1) is 0 Å². The van der Waals surface area contributed by atoms with Crippen LogP contribution in [0.4, 0.5) is 0 Å². The number of nitrogens with two attached hydrogens (primary N) is 1. The fraction of sp³-hybridized carbons (Fsp3) is 0.524. The number of amidine groups is 1. The molecule has 4 N–H and O–H groups in total. The topological polar surface area (TPSA) is 106 Å². The fourth-order valence-electron chi connectivity index (χ4n) is 4.26. The summed E-state index contributed by atoms with van der Waals surface area (Å²) >= 11 is 0.930. The van der Waals surface area contributed by atoms with Gasteiger partial charge in [0, 0.05) is 13.5 Å². The number of ether oxygens (including phenoxy) is 2. The summed E-state index contributed by atoms with van der Waals surface area (Å²) in [6, 6.07) is 7.91. The number of aryl methyl sites for hydroxylation is 1.